The second-order valence-corrected chi connectivity index (χ2v) is 4.22. The van der Waals surface area contributed by atoms with Crippen LogP contribution in [0.15, 0.2) is 18.2 Å². The summed E-state index contributed by atoms with van der Waals surface area (Å²) in [6.07, 6.45) is 0. The SMILES string of the molecule is CC(Cl)c1nnnn1-c1cc(F)ccc1Cl. The molecule has 1 aromatic carbocycles. The van der Waals surface area contributed by atoms with E-state index >= 15 is 0 Å². The van der Waals surface area contributed by atoms with E-state index in [9.17, 15) is 4.39 Å². The highest BCUT2D eigenvalue weighted by Crippen LogP contribution is 2.24. The van der Waals surface area contributed by atoms with Gasteiger partial charge in [-0.2, -0.15) is 4.68 Å². The van der Waals surface area contributed by atoms with Gasteiger partial charge in [-0.1, -0.05) is 11.6 Å². The lowest BCUT2D eigenvalue weighted by molar-refractivity contribution is 0.624. The van der Waals surface area contributed by atoms with Gasteiger partial charge in [-0.15, -0.1) is 16.7 Å². The first-order chi connectivity index (χ1) is 7.59. The fourth-order valence-electron chi connectivity index (χ4n) is 1.26. The zero-order valence-electron chi connectivity index (χ0n) is 8.23. The highest BCUT2D eigenvalue weighted by atomic mass is 35.5. The Bertz CT molecular complexity index is 512. The number of tetrazole rings is 1. The second-order valence-electron chi connectivity index (χ2n) is 3.16. The monoisotopic (exact) mass is 260 g/mol. The molecule has 16 heavy (non-hydrogen) atoms. The molecule has 0 saturated heterocycles. The van der Waals surface area contributed by atoms with E-state index in [1.807, 2.05) is 0 Å². The highest BCUT2D eigenvalue weighted by Gasteiger charge is 2.15. The number of alkyl halides is 1. The number of nitrogens with zero attached hydrogens (tertiary/aromatic N) is 4. The van der Waals surface area contributed by atoms with Crippen molar-refractivity contribution in [2.24, 2.45) is 0 Å². The molecule has 0 bridgehead atoms. The highest BCUT2D eigenvalue weighted by molar-refractivity contribution is 6.32. The van der Waals surface area contributed by atoms with Crippen molar-refractivity contribution in [2.75, 3.05) is 0 Å². The van der Waals surface area contributed by atoms with Crippen molar-refractivity contribution in [1.29, 1.82) is 0 Å². The minimum absolute atomic E-state index is 0.354. The zero-order valence-corrected chi connectivity index (χ0v) is 9.74. The van der Waals surface area contributed by atoms with Crippen molar-refractivity contribution < 1.29 is 4.39 Å². The summed E-state index contributed by atoms with van der Waals surface area (Å²) < 4.78 is 14.4. The predicted octanol–water partition coefficient (Wildman–Crippen LogP) is 2.75. The van der Waals surface area contributed by atoms with E-state index in [-0.39, 0.29) is 0 Å². The average Bonchev–Trinajstić information content (AvgIpc) is 2.70. The topological polar surface area (TPSA) is 43.6 Å². The van der Waals surface area contributed by atoms with Crippen LogP contribution < -0.4 is 0 Å². The van der Waals surface area contributed by atoms with Gasteiger partial charge in [0.05, 0.1) is 16.1 Å². The minimum atomic E-state index is -0.414. The number of halogens is 3. The van der Waals surface area contributed by atoms with Crippen molar-refractivity contribution in [3.8, 4) is 5.69 Å². The van der Waals surface area contributed by atoms with Crippen LogP contribution in [0.1, 0.15) is 18.1 Å². The van der Waals surface area contributed by atoms with Crippen LogP contribution in [0.5, 0.6) is 0 Å². The van der Waals surface area contributed by atoms with Crippen molar-refractivity contribution in [2.45, 2.75) is 12.3 Å². The molecular weight excluding hydrogens is 254 g/mol. The van der Waals surface area contributed by atoms with Crippen LogP contribution in [-0.2, 0) is 0 Å². The fourth-order valence-corrected chi connectivity index (χ4v) is 1.60. The van der Waals surface area contributed by atoms with Crippen molar-refractivity contribution in [3.63, 3.8) is 0 Å². The largest absolute Gasteiger partial charge is 0.207 e. The maximum atomic E-state index is 13.1. The molecule has 0 amide bonds. The Morgan fingerprint density at radius 1 is 1.44 bits per heavy atom. The van der Waals surface area contributed by atoms with Gasteiger partial charge in [-0.3, -0.25) is 0 Å². The molecule has 7 heteroatoms. The van der Waals surface area contributed by atoms with Gasteiger partial charge in [-0.05, 0) is 29.5 Å². The van der Waals surface area contributed by atoms with E-state index in [2.05, 4.69) is 15.5 Å². The second kappa shape index (κ2) is 4.35. The summed E-state index contributed by atoms with van der Waals surface area (Å²) >= 11 is 11.8. The summed E-state index contributed by atoms with van der Waals surface area (Å²) in [5, 5.41) is 10.9. The molecule has 0 aliphatic carbocycles. The zero-order chi connectivity index (χ0) is 11.7. The van der Waals surface area contributed by atoms with Crippen LogP contribution in [0.4, 0.5) is 4.39 Å². The molecule has 4 nitrogen and oxygen atoms in total. The maximum absolute atomic E-state index is 13.1. The Kier molecular flexibility index (Phi) is 3.07. The van der Waals surface area contributed by atoms with Crippen LogP contribution in [-0.4, -0.2) is 20.2 Å². The van der Waals surface area contributed by atoms with Gasteiger partial charge in [0.2, 0.25) is 0 Å². The van der Waals surface area contributed by atoms with Crippen LogP contribution in [0.3, 0.4) is 0 Å². The molecular formula is C9H7Cl2FN4. The first-order valence-electron chi connectivity index (χ1n) is 4.47. The predicted molar refractivity (Wildman–Crippen MR) is 58.4 cm³/mol. The molecule has 1 atom stereocenters. The third kappa shape index (κ3) is 2.01. The van der Waals surface area contributed by atoms with E-state index in [0.717, 1.165) is 0 Å². The van der Waals surface area contributed by atoms with E-state index in [4.69, 9.17) is 23.2 Å². The molecule has 2 rings (SSSR count). The van der Waals surface area contributed by atoms with E-state index < -0.39 is 11.2 Å². The number of benzene rings is 1. The van der Waals surface area contributed by atoms with Gasteiger partial charge in [0.25, 0.3) is 0 Å². The standard InChI is InChI=1S/C9H7Cl2FN4/c1-5(10)9-13-14-15-16(9)8-4-6(12)2-3-7(8)11/h2-5H,1H3. The number of aromatic nitrogens is 4. The molecule has 0 N–H and O–H groups in total. The summed E-state index contributed by atoms with van der Waals surface area (Å²) in [7, 11) is 0. The molecule has 0 aliphatic heterocycles. The smallest absolute Gasteiger partial charge is 0.174 e. The first kappa shape index (κ1) is 11.3. The van der Waals surface area contributed by atoms with Gasteiger partial charge in [0, 0.05) is 6.07 Å². The summed E-state index contributed by atoms with van der Waals surface area (Å²) in [5.74, 6) is -0.00255. The lowest BCUT2D eigenvalue weighted by Gasteiger charge is -2.07. The van der Waals surface area contributed by atoms with Crippen molar-refractivity contribution in [1.82, 2.24) is 20.2 Å². The normalized spacial score (nSPS) is 12.8. The van der Waals surface area contributed by atoms with Crippen LogP contribution in [0, 0.1) is 5.82 Å². The lowest BCUT2D eigenvalue weighted by Crippen LogP contribution is -2.04. The lowest BCUT2D eigenvalue weighted by atomic mass is 10.3. The third-order valence-electron chi connectivity index (χ3n) is 1.99. The third-order valence-corrected chi connectivity index (χ3v) is 2.50. The van der Waals surface area contributed by atoms with Gasteiger partial charge in [-0.25, -0.2) is 4.39 Å². The molecule has 84 valence electrons. The van der Waals surface area contributed by atoms with Gasteiger partial charge < -0.3 is 0 Å². The molecule has 0 radical (unpaired) electrons. The molecule has 1 unspecified atom stereocenters. The summed E-state index contributed by atoms with van der Waals surface area (Å²) in [4.78, 5) is 0. The van der Waals surface area contributed by atoms with Gasteiger partial charge >= 0.3 is 0 Å². The molecule has 0 spiro atoms. The molecule has 0 saturated carbocycles. The van der Waals surface area contributed by atoms with Crippen molar-refractivity contribution >= 4 is 23.2 Å². The Morgan fingerprint density at radius 2 is 2.19 bits per heavy atom. The Hall–Kier alpha value is -1.20. The maximum Gasteiger partial charge on any atom is 0.174 e. The van der Waals surface area contributed by atoms with E-state index in [0.29, 0.717) is 16.5 Å². The number of hydrogen-bond acceptors (Lipinski definition) is 3. The van der Waals surface area contributed by atoms with Crippen LogP contribution in [0.2, 0.25) is 5.02 Å². The molecule has 0 aliphatic rings. The fraction of sp³-hybridized carbons (Fsp3) is 0.222. The summed E-state index contributed by atoms with van der Waals surface area (Å²) in [6.45, 7) is 1.72. The van der Waals surface area contributed by atoms with Crippen molar-refractivity contribution in [3.05, 3.63) is 34.9 Å². The van der Waals surface area contributed by atoms with Gasteiger partial charge in [0.15, 0.2) is 5.82 Å². The van der Waals surface area contributed by atoms with Crippen LogP contribution >= 0.6 is 23.2 Å². The summed E-state index contributed by atoms with van der Waals surface area (Å²) in [5.41, 5.74) is 0.370. The van der Waals surface area contributed by atoms with E-state index in [1.54, 1.807) is 6.92 Å². The molecule has 2 aromatic rings. The number of rotatable bonds is 2. The average molecular weight is 261 g/mol. The quantitative estimate of drug-likeness (QED) is 0.780. The van der Waals surface area contributed by atoms with Crippen LogP contribution in [0.25, 0.3) is 5.69 Å². The summed E-state index contributed by atoms with van der Waals surface area (Å²) in [6, 6.07) is 3.96. The van der Waals surface area contributed by atoms with E-state index in [1.165, 1.54) is 22.9 Å². The Balaban J connectivity index is 2.58. The molecule has 0 fully saturated rings. The molecule has 1 heterocycles. The molecule has 1 aromatic heterocycles. The Morgan fingerprint density at radius 3 is 2.88 bits per heavy atom. The number of hydrogen-bond donors (Lipinski definition) is 0. The minimum Gasteiger partial charge on any atom is -0.207 e. The Labute approximate surface area is 101 Å². The first-order valence-corrected chi connectivity index (χ1v) is 5.29. The van der Waals surface area contributed by atoms with Gasteiger partial charge in [0.1, 0.15) is 5.82 Å².